The molecule has 0 saturated heterocycles. The topological polar surface area (TPSA) is 83.8 Å². The monoisotopic (exact) mass is 308 g/mol. The first-order valence-corrected chi connectivity index (χ1v) is 7.71. The number of carbonyl (C=O) groups excluding carboxylic acids is 1. The largest absolute Gasteiger partial charge is 0.366 e. The first-order chi connectivity index (χ1) is 11.1. The van der Waals surface area contributed by atoms with Gasteiger partial charge in [-0.2, -0.15) is 0 Å². The lowest BCUT2D eigenvalue weighted by atomic mass is 10.1. The van der Waals surface area contributed by atoms with Crippen molar-refractivity contribution in [3.63, 3.8) is 0 Å². The SMILES string of the molecule is CC(NCCc1ccccc1)c1nc2c(C(N)=O)cccc2[nH]1. The lowest BCUT2D eigenvalue weighted by Crippen LogP contribution is -2.22. The molecule has 0 aliphatic heterocycles. The molecule has 1 unspecified atom stereocenters. The van der Waals surface area contributed by atoms with Crippen LogP contribution in [0.2, 0.25) is 0 Å². The summed E-state index contributed by atoms with van der Waals surface area (Å²) in [5, 5.41) is 3.45. The number of aromatic nitrogens is 2. The second kappa shape index (κ2) is 6.62. The van der Waals surface area contributed by atoms with Gasteiger partial charge in [0.15, 0.2) is 0 Å². The van der Waals surface area contributed by atoms with E-state index in [4.69, 9.17) is 5.73 Å². The predicted molar refractivity (Wildman–Crippen MR) is 91.2 cm³/mol. The maximum Gasteiger partial charge on any atom is 0.250 e. The molecule has 4 N–H and O–H groups in total. The van der Waals surface area contributed by atoms with E-state index in [0.717, 1.165) is 24.3 Å². The molecule has 0 spiro atoms. The van der Waals surface area contributed by atoms with Gasteiger partial charge >= 0.3 is 0 Å². The maximum atomic E-state index is 11.5. The first kappa shape index (κ1) is 15.2. The number of primary amides is 1. The minimum Gasteiger partial charge on any atom is -0.366 e. The van der Waals surface area contributed by atoms with Gasteiger partial charge in [0.2, 0.25) is 0 Å². The van der Waals surface area contributed by atoms with Gasteiger partial charge in [-0.25, -0.2) is 4.98 Å². The number of para-hydroxylation sites is 1. The summed E-state index contributed by atoms with van der Waals surface area (Å²) in [6, 6.07) is 15.8. The minimum absolute atomic E-state index is 0.0619. The van der Waals surface area contributed by atoms with Gasteiger partial charge in [-0.1, -0.05) is 36.4 Å². The Labute approximate surface area is 134 Å². The Morgan fingerprint density at radius 1 is 1.22 bits per heavy atom. The summed E-state index contributed by atoms with van der Waals surface area (Å²) in [7, 11) is 0. The Morgan fingerprint density at radius 2 is 2.00 bits per heavy atom. The van der Waals surface area contributed by atoms with Crippen molar-refractivity contribution < 1.29 is 4.79 Å². The van der Waals surface area contributed by atoms with E-state index in [1.165, 1.54) is 5.56 Å². The molecule has 1 aromatic heterocycles. The van der Waals surface area contributed by atoms with Gasteiger partial charge in [-0.3, -0.25) is 4.79 Å². The summed E-state index contributed by atoms with van der Waals surface area (Å²) in [5.41, 5.74) is 8.60. The lowest BCUT2D eigenvalue weighted by molar-refractivity contribution is 0.100. The van der Waals surface area contributed by atoms with Crippen LogP contribution in [0.3, 0.4) is 0 Å². The van der Waals surface area contributed by atoms with Gasteiger partial charge in [0.05, 0.1) is 17.1 Å². The van der Waals surface area contributed by atoms with Crippen molar-refractivity contribution in [1.29, 1.82) is 0 Å². The summed E-state index contributed by atoms with van der Waals surface area (Å²) >= 11 is 0. The van der Waals surface area contributed by atoms with Crippen LogP contribution < -0.4 is 11.1 Å². The van der Waals surface area contributed by atoms with Crippen molar-refractivity contribution in [2.45, 2.75) is 19.4 Å². The molecule has 5 nitrogen and oxygen atoms in total. The van der Waals surface area contributed by atoms with Crippen LogP contribution in [0.5, 0.6) is 0 Å². The molecule has 1 amide bonds. The molecule has 3 aromatic rings. The molecule has 1 atom stereocenters. The zero-order valence-corrected chi connectivity index (χ0v) is 13.0. The van der Waals surface area contributed by atoms with E-state index >= 15 is 0 Å². The molecule has 23 heavy (non-hydrogen) atoms. The number of aromatic amines is 1. The average Bonchev–Trinajstić information content (AvgIpc) is 2.99. The number of rotatable bonds is 6. The maximum absolute atomic E-state index is 11.5. The van der Waals surface area contributed by atoms with Crippen molar-refractivity contribution in [2.24, 2.45) is 5.73 Å². The number of amides is 1. The Morgan fingerprint density at radius 3 is 2.74 bits per heavy atom. The molecule has 0 fully saturated rings. The highest BCUT2D eigenvalue weighted by Gasteiger charge is 2.14. The van der Waals surface area contributed by atoms with Crippen molar-refractivity contribution >= 4 is 16.9 Å². The number of H-pyrrole nitrogens is 1. The lowest BCUT2D eigenvalue weighted by Gasteiger charge is -2.11. The van der Waals surface area contributed by atoms with Gasteiger partial charge in [-0.15, -0.1) is 0 Å². The molecule has 2 aromatic carbocycles. The third-order valence-corrected chi connectivity index (χ3v) is 3.91. The molecule has 0 radical (unpaired) electrons. The van der Waals surface area contributed by atoms with E-state index in [1.54, 1.807) is 12.1 Å². The van der Waals surface area contributed by atoms with Gasteiger partial charge in [-0.05, 0) is 37.6 Å². The average molecular weight is 308 g/mol. The third kappa shape index (κ3) is 3.40. The molecular weight excluding hydrogens is 288 g/mol. The number of benzene rings is 2. The minimum atomic E-state index is -0.460. The highest BCUT2D eigenvalue weighted by atomic mass is 16.1. The summed E-state index contributed by atoms with van der Waals surface area (Å²) in [4.78, 5) is 19.3. The molecule has 1 heterocycles. The molecule has 3 rings (SSSR count). The third-order valence-electron chi connectivity index (χ3n) is 3.91. The highest BCUT2D eigenvalue weighted by molar-refractivity contribution is 6.04. The summed E-state index contributed by atoms with van der Waals surface area (Å²) in [6.45, 7) is 2.90. The fourth-order valence-electron chi connectivity index (χ4n) is 2.63. The van der Waals surface area contributed by atoms with Crippen LogP contribution in [0, 0.1) is 0 Å². The van der Waals surface area contributed by atoms with Gasteiger partial charge in [0.1, 0.15) is 11.3 Å². The van der Waals surface area contributed by atoms with E-state index in [-0.39, 0.29) is 6.04 Å². The number of fused-ring (bicyclic) bond motifs is 1. The predicted octanol–water partition coefficient (Wildman–Crippen LogP) is 2.56. The fraction of sp³-hybridized carbons (Fsp3) is 0.222. The van der Waals surface area contributed by atoms with Crippen molar-refractivity contribution in [3.05, 3.63) is 65.5 Å². The number of imidazole rings is 1. The van der Waals surface area contributed by atoms with Crippen molar-refractivity contribution in [1.82, 2.24) is 15.3 Å². The van der Waals surface area contributed by atoms with Gasteiger partial charge < -0.3 is 16.0 Å². The van der Waals surface area contributed by atoms with Crippen LogP contribution in [0.15, 0.2) is 48.5 Å². The van der Waals surface area contributed by atoms with Crippen LogP contribution in [0.4, 0.5) is 0 Å². The number of nitrogens with one attached hydrogen (secondary N) is 2. The molecule has 0 bridgehead atoms. The van der Waals surface area contributed by atoms with Gasteiger partial charge in [0, 0.05) is 0 Å². The molecule has 0 aliphatic rings. The van der Waals surface area contributed by atoms with E-state index in [0.29, 0.717) is 11.1 Å². The Hall–Kier alpha value is -2.66. The van der Waals surface area contributed by atoms with E-state index in [2.05, 4.69) is 27.4 Å². The van der Waals surface area contributed by atoms with Crippen molar-refractivity contribution in [2.75, 3.05) is 6.54 Å². The molecular formula is C18H20N4O. The second-order valence-electron chi connectivity index (χ2n) is 5.60. The second-order valence-corrected chi connectivity index (χ2v) is 5.60. The first-order valence-electron chi connectivity index (χ1n) is 7.71. The number of hydrogen-bond donors (Lipinski definition) is 3. The van der Waals surface area contributed by atoms with Crippen LogP contribution in [-0.2, 0) is 6.42 Å². The van der Waals surface area contributed by atoms with Crippen LogP contribution in [-0.4, -0.2) is 22.4 Å². The zero-order chi connectivity index (χ0) is 16.2. The summed E-state index contributed by atoms with van der Waals surface area (Å²) in [6.07, 6.45) is 0.956. The Kier molecular flexibility index (Phi) is 4.39. The standard InChI is InChI=1S/C18H20N4O/c1-12(20-11-10-13-6-3-2-4-7-13)18-21-15-9-5-8-14(17(19)23)16(15)22-18/h2-9,12,20H,10-11H2,1H3,(H2,19,23)(H,21,22). The molecule has 0 saturated carbocycles. The summed E-state index contributed by atoms with van der Waals surface area (Å²) in [5.74, 6) is 0.347. The fourth-order valence-corrected chi connectivity index (χ4v) is 2.63. The van der Waals surface area contributed by atoms with Gasteiger partial charge in [0.25, 0.3) is 5.91 Å². The molecule has 5 heteroatoms. The quantitative estimate of drug-likeness (QED) is 0.654. The number of nitrogens with two attached hydrogens (primary N) is 1. The number of nitrogens with zero attached hydrogens (tertiary/aromatic N) is 1. The number of carbonyl (C=O) groups is 1. The van der Waals surface area contributed by atoms with E-state index in [9.17, 15) is 4.79 Å². The highest BCUT2D eigenvalue weighted by Crippen LogP contribution is 2.19. The van der Waals surface area contributed by atoms with Crippen LogP contribution in [0.25, 0.3) is 11.0 Å². The zero-order valence-electron chi connectivity index (χ0n) is 13.0. The van der Waals surface area contributed by atoms with E-state index < -0.39 is 5.91 Å². The normalized spacial score (nSPS) is 12.4. The van der Waals surface area contributed by atoms with Crippen LogP contribution in [0.1, 0.15) is 34.7 Å². The van der Waals surface area contributed by atoms with Crippen LogP contribution >= 0.6 is 0 Å². The Balaban J connectivity index is 1.70. The summed E-state index contributed by atoms with van der Waals surface area (Å²) < 4.78 is 0. The smallest absolute Gasteiger partial charge is 0.250 e. The Bertz CT molecular complexity index is 810. The van der Waals surface area contributed by atoms with E-state index in [1.807, 2.05) is 31.2 Å². The number of hydrogen-bond acceptors (Lipinski definition) is 3. The molecule has 118 valence electrons. The van der Waals surface area contributed by atoms with Crippen molar-refractivity contribution in [3.8, 4) is 0 Å². The molecule has 0 aliphatic carbocycles.